The van der Waals surface area contributed by atoms with E-state index in [1.807, 2.05) is 31.2 Å². The Bertz CT molecular complexity index is 529. The van der Waals surface area contributed by atoms with Gasteiger partial charge in [-0.1, -0.05) is 25.1 Å². The number of nitrogens with zero attached hydrogens (tertiary/aromatic N) is 1. The highest BCUT2D eigenvalue weighted by atomic mass is 16.5. The molecular weight excluding hydrogens is 270 g/mol. The summed E-state index contributed by atoms with van der Waals surface area (Å²) in [5.41, 5.74) is 0.996. The molecule has 2 rings (SSSR count). The van der Waals surface area contributed by atoms with Gasteiger partial charge in [0, 0.05) is 19.5 Å². The maximum absolute atomic E-state index is 12.2. The van der Waals surface area contributed by atoms with E-state index in [-0.39, 0.29) is 11.8 Å². The Morgan fingerprint density at radius 1 is 1.33 bits per heavy atom. The minimum absolute atomic E-state index is 0.0107. The van der Waals surface area contributed by atoms with Crippen LogP contribution in [0.25, 0.3) is 0 Å². The van der Waals surface area contributed by atoms with Crippen LogP contribution in [0.1, 0.15) is 18.9 Å². The molecule has 1 aliphatic heterocycles. The minimum atomic E-state index is -0.817. The van der Waals surface area contributed by atoms with E-state index in [2.05, 4.69) is 0 Å². The summed E-state index contributed by atoms with van der Waals surface area (Å²) in [7, 11) is 1.61. The number of carbonyl (C=O) groups excluding carboxylic acids is 1. The van der Waals surface area contributed by atoms with Crippen molar-refractivity contribution in [3.05, 3.63) is 29.8 Å². The van der Waals surface area contributed by atoms with Crippen molar-refractivity contribution in [1.82, 2.24) is 4.90 Å². The average Bonchev–Trinajstić information content (AvgIpc) is 2.87. The lowest BCUT2D eigenvalue weighted by Crippen LogP contribution is -2.30. The topological polar surface area (TPSA) is 66.8 Å². The molecule has 1 aromatic carbocycles. The van der Waals surface area contributed by atoms with Crippen molar-refractivity contribution in [2.45, 2.75) is 19.8 Å². The van der Waals surface area contributed by atoms with Crippen molar-refractivity contribution in [3.63, 3.8) is 0 Å². The largest absolute Gasteiger partial charge is 0.496 e. The molecule has 5 heteroatoms. The number of aliphatic carboxylic acids is 1. The van der Waals surface area contributed by atoms with E-state index < -0.39 is 11.9 Å². The summed E-state index contributed by atoms with van der Waals surface area (Å²) >= 11 is 0. The van der Waals surface area contributed by atoms with E-state index in [1.54, 1.807) is 12.0 Å². The Kier molecular flexibility index (Phi) is 4.83. The Labute approximate surface area is 124 Å². The van der Waals surface area contributed by atoms with Gasteiger partial charge in [0.1, 0.15) is 5.75 Å². The van der Waals surface area contributed by atoms with Gasteiger partial charge in [0.15, 0.2) is 0 Å². The van der Waals surface area contributed by atoms with Gasteiger partial charge in [-0.3, -0.25) is 9.59 Å². The highest BCUT2D eigenvalue weighted by Crippen LogP contribution is 2.25. The molecule has 0 aliphatic carbocycles. The van der Waals surface area contributed by atoms with Crippen molar-refractivity contribution < 1.29 is 19.4 Å². The number of para-hydroxylation sites is 1. The zero-order valence-electron chi connectivity index (χ0n) is 12.4. The van der Waals surface area contributed by atoms with Gasteiger partial charge in [-0.25, -0.2) is 0 Å². The summed E-state index contributed by atoms with van der Waals surface area (Å²) in [5.74, 6) is -0.458. The second kappa shape index (κ2) is 6.61. The number of carbonyl (C=O) groups is 2. The molecule has 21 heavy (non-hydrogen) atoms. The Morgan fingerprint density at radius 3 is 2.67 bits per heavy atom. The first kappa shape index (κ1) is 15.4. The third-order valence-corrected chi connectivity index (χ3v) is 4.08. The molecule has 0 radical (unpaired) electrons. The van der Waals surface area contributed by atoms with Crippen LogP contribution in [-0.2, 0) is 16.0 Å². The van der Waals surface area contributed by atoms with Crippen LogP contribution in [-0.4, -0.2) is 42.1 Å². The molecule has 0 bridgehead atoms. The molecule has 1 aromatic rings. The van der Waals surface area contributed by atoms with E-state index >= 15 is 0 Å². The number of amides is 1. The number of methoxy groups -OCH3 is 1. The van der Waals surface area contributed by atoms with Crippen LogP contribution in [0.5, 0.6) is 5.75 Å². The van der Waals surface area contributed by atoms with Gasteiger partial charge in [0.25, 0.3) is 0 Å². The van der Waals surface area contributed by atoms with Crippen LogP contribution >= 0.6 is 0 Å². The zero-order chi connectivity index (χ0) is 15.4. The molecule has 114 valence electrons. The summed E-state index contributed by atoms with van der Waals surface area (Å²) in [6.07, 6.45) is 0.977. The first-order valence-electron chi connectivity index (χ1n) is 7.15. The first-order valence-corrected chi connectivity index (χ1v) is 7.15. The van der Waals surface area contributed by atoms with Crippen molar-refractivity contribution in [2.24, 2.45) is 11.8 Å². The number of hydrogen-bond donors (Lipinski definition) is 1. The SMILES string of the molecule is COc1ccccc1CCC(=O)N1C[C@@H](C)[C@H](C(=O)O)C1. The maximum Gasteiger partial charge on any atom is 0.308 e. The molecule has 2 atom stereocenters. The lowest BCUT2D eigenvalue weighted by Gasteiger charge is -2.16. The number of likely N-dealkylation sites (tertiary alicyclic amines) is 1. The molecule has 0 aromatic heterocycles. The van der Waals surface area contributed by atoms with Crippen LogP contribution in [0.2, 0.25) is 0 Å². The summed E-state index contributed by atoms with van der Waals surface area (Å²) in [5, 5.41) is 9.10. The molecule has 1 aliphatic rings. The Balaban J connectivity index is 1.92. The number of ether oxygens (including phenoxy) is 1. The Morgan fingerprint density at radius 2 is 2.05 bits per heavy atom. The van der Waals surface area contributed by atoms with Crippen LogP contribution < -0.4 is 4.74 Å². The lowest BCUT2D eigenvalue weighted by molar-refractivity contribution is -0.142. The monoisotopic (exact) mass is 291 g/mol. The second-order valence-corrected chi connectivity index (χ2v) is 5.53. The van der Waals surface area contributed by atoms with Gasteiger partial charge in [-0.2, -0.15) is 0 Å². The molecule has 1 amide bonds. The van der Waals surface area contributed by atoms with Gasteiger partial charge in [-0.15, -0.1) is 0 Å². The fraction of sp³-hybridized carbons (Fsp3) is 0.500. The number of rotatable bonds is 5. The zero-order valence-corrected chi connectivity index (χ0v) is 12.4. The van der Waals surface area contributed by atoms with Crippen molar-refractivity contribution in [3.8, 4) is 5.75 Å². The summed E-state index contributed by atoms with van der Waals surface area (Å²) in [6, 6.07) is 7.63. The second-order valence-electron chi connectivity index (χ2n) is 5.53. The highest BCUT2D eigenvalue weighted by Gasteiger charge is 2.36. The van der Waals surface area contributed by atoms with Gasteiger partial charge in [0.2, 0.25) is 5.91 Å². The standard InChI is InChI=1S/C16H21NO4/c1-11-9-17(10-13(11)16(19)20)15(18)8-7-12-5-3-4-6-14(12)21-2/h3-6,11,13H,7-10H2,1-2H3,(H,19,20)/t11-,13-/m1/s1. The summed E-state index contributed by atoms with van der Waals surface area (Å²) < 4.78 is 5.27. The first-order chi connectivity index (χ1) is 10.0. The summed E-state index contributed by atoms with van der Waals surface area (Å²) in [6.45, 7) is 2.73. The fourth-order valence-corrected chi connectivity index (χ4v) is 2.80. The van der Waals surface area contributed by atoms with E-state index in [4.69, 9.17) is 9.84 Å². The van der Waals surface area contributed by atoms with Gasteiger partial charge in [0.05, 0.1) is 13.0 Å². The van der Waals surface area contributed by atoms with Gasteiger partial charge in [-0.05, 0) is 24.0 Å². The van der Waals surface area contributed by atoms with E-state index in [0.29, 0.717) is 25.9 Å². The van der Waals surface area contributed by atoms with Crippen LogP contribution in [0.3, 0.4) is 0 Å². The quantitative estimate of drug-likeness (QED) is 0.898. The highest BCUT2D eigenvalue weighted by molar-refractivity contribution is 5.79. The third kappa shape index (κ3) is 3.54. The van der Waals surface area contributed by atoms with E-state index in [0.717, 1.165) is 11.3 Å². The van der Waals surface area contributed by atoms with Crippen molar-refractivity contribution in [1.29, 1.82) is 0 Å². The number of aryl methyl sites for hydroxylation is 1. The summed E-state index contributed by atoms with van der Waals surface area (Å²) in [4.78, 5) is 25.0. The maximum atomic E-state index is 12.2. The Hall–Kier alpha value is -2.04. The molecule has 0 spiro atoms. The minimum Gasteiger partial charge on any atom is -0.496 e. The predicted molar refractivity (Wildman–Crippen MR) is 78.2 cm³/mol. The number of benzene rings is 1. The smallest absolute Gasteiger partial charge is 0.308 e. The molecule has 0 saturated carbocycles. The third-order valence-electron chi connectivity index (χ3n) is 4.08. The lowest BCUT2D eigenvalue weighted by atomic mass is 9.99. The number of carboxylic acids is 1. The van der Waals surface area contributed by atoms with E-state index in [1.165, 1.54) is 0 Å². The normalized spacial score (nSPS) is 21.3. The predicted octanol–water partition coefficient (Wildman–Crippen LogP) is 1.81. The fourth-order valence-electron chi connectivity index (χ4n) is 2.80. The number of hydrogen-bond acceptors (Lipinski definition) is 3. The molecule has 1 fully saturated rings. The molecular formula is C16H21NO4. The molecule has 1 saturated heterocycles. The molecule has 5 nitrogen and oxygen atoms in total. The van der Waals surface area contributed by atoms with Crippen LogP contribution in [0.4, 0.5) is 0 Å². The molecule has 1 N–H and O–H groups in total. The van der Waals surface area contributed by atoms with Gasteiger partial charge < -0.3 is 14.7 Å². The average molecular weight is 291 g/mol. The van der Waals surface area contributed by atoms with Crippen molar-refractivity contribution in [2.75, 3.05) is 20.2 Å². The van der Waals surface area contributed by atoms with Gasteiger partial charge >= 0.3 is 5.97 Å². The van der Waals surface area contributed by atoms with Crippen LogP contribution in [0, 0.1) is 11.8 Å². The number of carboxylic acid groups (broad SMARTS) is 1. The molecule has 1 heterocycles. The van der Waals surface area contributed by atoms with Crippen LogP contribution in [0.15, 0.2) is 24.3 Å². The molecule has 0 unspecified atom stereocenters. The van der Waals surface area contributed by atoms with E-state index in [9.17, 15) is 9.59 Å². The van der Waals surface area contributed by atoms with Crippen molar-refractivity contribution >= 4 is 11.9 Å².